The number of alkyl carbamates (subject to hydrolysis) is 1. The summed E-state index contributed by atoms with van der Waals surface area (Å²) >= 11 is 0. The molecule has 21 heavy (non-hydrogen) atoms. The average molecular weight is 298 g/mol. The van der Waals surface area contributed by atoms with Gasteiger partial charge in [0.15, 0.2) is 5.78 Å². The lowest BCUT2D eigenvalue weighted by Crippen LogP contribution is -2.66. The first-order valence-corrected chi connectivity index (χ1v) is 6.60. The second kappa shape index (κ2) is 6.57. The first kappa shape index (κ1) is 17.0. The van der Waals surface area contributed by atoms with E-state index in [0.717, 1.165) is 0 Å². The maximum atomic E-state index is 11.6. The molecule has 0 aromatic carbocycles. The van der Waals surface area contributed by atoms with Crippen molar-refractivity contribution < 1.29 is 19.1 Å². The highest BCUT2D eigenvalue weighted by Crippen LogP contribution is 2.11. The van der Waals surface area contributed by atoms with Crippen LogP contribution in [0.2, 0.25) is 0 Å². The van der Waals surface area contributed by atoms with Gasteiger partial charge in [0.2, 0.25) is 5.91 Å². The molecule has 1 saturated heterocycles. The Kier molecular flexibility index (Phi) is 5.31. The molecule has 0 radical (unpaired) electrons. The fraction of sp³-hybridized carbons (Fsp3) is 0.615. The van der Waals surface area contributed by atoms with Gasteiger partial charge >= 0.3 is 6.09 Å². The summed E-state index contributed by atoms with van der Waals surface area (Å²) < 4.78 is 4.99. The zero-order valence-electron chi connectivity index (χ0n) is 12.4. The van der Waals surface area contributed by atoms with Gasteiger partial charge in [-0.25, -0.2) is 4.79 Å². The molecule has 6 N–H and O–H groups in total. The van der Waals surface area contributed by atoms with Gasteiger partial charge in [-0.3, -0.25) is 9.59 Å². The lowest BCUT2D eigenvalue weighted by atomic mass is 9.95. The summed E-state index contributed by atoms with van der Waals surface area (Å²) in [7, 11) is 0. The van der Waals surface area contributed by atoms with Gasteiger partial charge in [0.25, 0.3) is 0 Å². The van der Waals surface area contributed by atoms with E-state index in [2.05, 4.69) is 10.6 Å². The summed E-state index contributed by atoms with van der Waals surface area (Å²) in [6.45, 7) is 4.96. The first-order valence-electron chi connectivity index (χ1n) is 6.60. The molecule has 8 nitrogen and oxygen atoms in total. The number of carbonyl (C=O) groups is 3. The molecule has 118 valence electrons. The maximum absolute atomic E-state index is 11.6. The number of β-lactam (4-membered cyclic amide) rings is 1. The molecule has 1 aliphatic rings. The summed E-state index contributed by atoms with van der Waals surface area (Å²) in [6.07, 6.45) is 0.843. The van der Waals surface area contributed by atoms with Crippen molar-refractivity contribution in [1.29, 1.82) is 0 Å². The van der Waals surface area contributed by atoms with Crippen LogP contribution in [0.5, 0.6) is 0 Å². The summed E-state index contributed by atoms with van der Waals surface area (Å²) in [6, 6.07) is -0.840. The molecule has 2 atom stereocenters. The lowest BCUT2D eigenvalue weighted by Gasteiger charge is -2.33. The SMILES string of the molecule is CC(C)(C)OC(=O)NCC(=O)C=C(N)C[C@H]1NC(=O)[C@H]1N. The number of rotatable bonds is 5. The molecule has 0 aromatic heterocycles. The smallest absolute Gasteiger partial charge is 0.408 e. The molecule has 0 saturated carbocycles. The normalized spacial score (nSPS) is 22.1. The van der Waals surface area contributed by atoms with Crippen molar-refractivity contribution in [3.63, 3.8) is 0 Å². The van der Waals surface area contributed by atoms with Crippen molar-refractivity contribution >= 4 is 17.8 Å². The quantitative estimate of drug-likeness (QED) is 0.385. The Morgan fingerprint density at radius 2 is 2.05 bits per heavy atom. The van der Waals surface area contributed by atoms with E-state index in [1.807, 2.05) is 0 Å². The van der Waals surface area contributed by atoms with Crippen molar-refractivity contribution in [3.8, 4) is 0 Å². The molecular formula is C13H22N4O4. The maximum Gasteiger partial charge on any atom is 0.408 e. The lowest BCUT2D eigenvalue weighted by molar-refractivity contribution is -0.130. The van der Waals surface area contributed by atoms with E-state index in [-0.39, 0.29) is 24.3 Å². The third-order valence-electron chi connectivity index (χ3n) is 2.67. The number of amides is 2. The minimum absolute atomic E-state index is 0.210. The van der Waals surface area contributed by atoms with E-state index in [4.69, 9.17) is 16.2 Å². The Bertz CT molecular complexity index is 467. The summed E-state index contributed by atoms with van der Waals surface area (Å²) in [5, 5.41) is 4.92. The second-order valence-corrected chi connectivity index (χ2v) is 5.89. The van der Waals surface area contributed by atoms with Crippen LogP contribution < -0.4 is 22.1 Å². The molecule has 0 aromatic rings. The van der Waals surface area contributed by atoms with E-state index in [1.54, 1.807) is 20.8 Å². The molecular weight excluding hydrogens is 276 g/mol. The Morgan fingerprint density at radius 3 is 2.52 bits per heavy atom. The fourth-order valence-corrected chi connectivity index (χ4v) is 1.68. The van der Waals surface area contributed by atoms with Crippen molar-refractivity contribution in [2.75, 3.05) is 6.54 Å². The van der Waals surface area contributed by atoms with Crippen LogP contribution in [-0.4, -0.2) is 42.0 Å². The van der Waals surface area contributed by atoms with Crippen LogP contribution in [0.4, 0.5) is 4.79 Å². The first-order chi connectivity index (χ1) is 9.58. The van der Waals surface area contributed by atoms with Crippen molar-refractivity contribution in [1.82, 2.24) is 10.6 Å². The number of ether oxygens (including phenoxy) is 1. The van der Waals surface area contributed by atoms with Crippen LogP contribution >= 0.6 is 0 Å². The molecule has 1 rings (SSSR count). The zero-order chi connectivity index (χ0) is 16.2. The van der Waals surface area contributed by atoms with E-state index in [0.29, 0.717) is 12.1 Å². The molecule has 1 heterocycles. The molecule has 8 heteroatoms. The summed E-state index contributed by atoms with van der Waals surface area (Å²) in [5.41, 5.74) is 10.9. The third kappa shape index (κ3) is 5.82. The number of hydrogen-bond donors (Lipinski definition) is 4. The molecule has 1 fully saturated rings. The van der Waals surface area contributed by atoms with E-state index < -0.39 is 17.7 Å². The number of nitrogens with one attached hydrogen (secondary N) is 2. The number of hydrogen-bond acceptors (Lipinski definition) is 6. The Hall–Kier alpha value is -2.09. The highest BCUT2D eigenvalue weighted by molar-refractivity contribution is 5.94. The third-order valence-corrected chi connectivity index (χ3v) is 2.67. The molecule has 2 amide bonds. The zero-order valence-corrected chi connectivity index (χ0v) is 12.4. The van der Waals surface area contributed by atoms with Crippen LogP contribution in [-0.2, 0) is 14.3 Å². The highest BCUT2D eigenvalue weighted by Gasteiger charge is 2.35. The van der Waals surface area contributed by atoms with E-state index in [1.165, 1.54) is 6.08 Å². The topological polar surface area (TPSA) is 137 Å². The number of nitrogens with two attached hydrogens (primary N) is 2. The Balaban J connectivity index is 2.33. The Morgan fingerprint density at radius 1 is 1.43 bits per heavy atom. The van der Waals surface area contributed by atoms with Gasteiger partial charge in [-0.15, -0.1) is 0 Å². The predicted molar refractivity (Wildman–Crippen MR) is 76.0 cm³/mol. The molecule has 0 spiro atoms. The molecule has 0 unspecified atom stereocenters. The molecule has 1 aliphatic heterocycles. The monoisotopic (exact) mass is 298 g/mol. The van der Waals surface area contributed by atoms with Crippen molar-refractivity contribution in [3.05, 3.63) is 11.8 Å². The van der Waals surface area contributed by atoms with Crippen LogP contribution in [0.15, 0.2) is 11.8 Å². The van der Waals surface area contributed by atoms with E-state index >= 15 is 0 Å². The van der Waals surface area contributed by atoms with Crippen LogP contribution in [0.3, 0.4) is 0 Å². The summed E-state index contributed by atoms with van der Waals surface area (Å²) in [4.78, 5) is 33.9. The second-order valence-electron chi connectivity index (χ2n) is 5.89. The van der Waals surface area contributed by atoms with Crippen LogP contribution in [0.1, 0.15) is 27.2 Å². The van der Waals surface area contributed by atoms with Crippen molar-refractivity contribution in [2.24, 2.45) is 11.5 Å². The van der Waals surface area contributed by atoms with Gasteiger partial charge < -0.3 is 26.8 Å². The number of ketones is 1. The van der Waals surface area contributed by atoms with Gasteiger partial charge in [-0.1, -0.05) is 0 Å². The highest BCUT2D eigenvalue weighted by atomic mass is 16.6. The van der Waals surface area contributed by atoms with Crippen molar-refractivity contribution in [2.45, 2.75) is 44.9 Å². The largest absolute Gasteiger partial charge is 0.444 e. The molecule has 0 aliphatic carbocycles. The predicted octanol–water partition coefficient (Wildman–Crippen LogP) is -0.861. The van der Waals surface area contributed by atoms with Crippen LogP contribution in [0, 0.1) is 0 Å². The van der Waals surface area contributed by atoms with Crippen LogP contribution in [0.25, 0.3) is 0 Å². The van der Waals surface area contributed by atoms with Gasteiger partial charge in [-0.05, 0) is 20.8 Å². The Labute approximate surface area is 123 Å². The number of carbonyl (C=O) groups excluding carboxylic acids is 3. The van der Waals surface area contributed by atoms with E-state index in [9.17, 15) is 14.4 Å². The minimum Gasteiger partial charge on any atom is -0.444 e. The van der Waals surface area contributed by atoms with Gasteiger partial charge in [0.1, 0.15) is 11.6 Å². The molecule has 0 bridgehead atoms. The minimum atomic E-state index is -0.670. The van der Waals surface area contributed by atoms with Gasteiger partial charge in [-0.2, -0.15) is 0 Å². The van der Waals surface area contributed by atoms with Gasteiger partial charge in [0.05, 0.1) is 12.6 Å². The van der Waals surface area contributed by atoms with Gasteiger partial charge in [0, 0.05) is 18.2 Å². The summed E-state index contributed by atoms with van der Waals surface area (Å²) in [5.74, 6) is -0.594. The fourth-order valence-electron chi connectivity index (χ4n) is 1.68. The standard InChI is InChI=1S/C13H22N4O4/c1-13(2,3)21-12(20)16-6-8(18)4-7(14)5-9-10(15)11(19)17-9/h4,9-10H,5-6,14-15H2,1-3H3,(H,16,20)(H,17,19)/t9-,10+/m1/s1. The average Bonchev–Trinajstić information content (AvgIpc) is 2.33.